The first-order chi connectivity index (χ1) is 15.1. The molecule has 8 nitrogen and oxygen atoms in total. The van der Waals surface area contributed by atoms with Gasteiger partial charge in [-0.1, -0.05) is 43.2 Å². The van der Waals surface area contributed by atoms with E-state index in [-0.39, 0.29) is 17.4 Å². The van der Waals surface area contributed by atoms with Gasteiger partial charge in [0.15, 0.2) is 5.16 Å². The molecule has 9 heteroatoms. The van der Waals surface area contributed by atoms with Gasteiger partial charge in [0, 0.05) is 25.8 Å². The van der Waals surface area contributed by atoms with Crippen molar-refractivity contribution >= 4 is 34.6 Å². The molecular weight excluding hydrogens is 416 g/mol. The van der Waals surface area contributed by atoms with Gasteiger partial charge in [0.2, 0.25) is 5.91 Å². The van der Waals surface area contributed by atoms with Crippen molar-refractivity contribution in [3.63, 3.8) is 0 Å². The number of ether oxygens (including phenoxy) is 1. The number of imide groups is 1. The Morgan fingerprint density at radius 2 is 2.00 bits per heavy atom. The van der Waals surface area contributed by atoms with Gasteiger partial charge in [0.25, 0.3) is 5.56 Å². The molecule has 1 aliphatic rings. The fraction of sp³-hybridized carbons (Fsp3) is 0.545. The van der Waals surface area contributed by atoms with Crippen LogP contribution in [0.5, 0.6) is 0 Å². The number of benzene rings is 1. The Kier molecular flexibility index (Phi) is 8.90. The van der Waals surface area contributed by atoms with Crippen molar-refractivity contribution < 1.29 is 14.3 Å². The average molecular weight is 447 g/mol. The van der Waals surface area contributed by atoms with E-state index in [1.807, 2.05) is 13.0 Å². The Morgan fingerprint density at radius 1 is 1.23 bits per heavy atom. The Morgan fingerprint density at radius 3 is 2.77 bits per heavy atom. The topological polar surface area (TPSA) is 102 Å². The molecule has 1 aromatic carbocycles. The standard InChI is InChI=1S/C22H30N4O4S/c1-2-30-14-8-13-26-20(28)17-11-6-7-12-18(17)24-22(26)31-15-19(27)25-21(29)23-16-9-4-3-5-10-16/h6-7,11-12,16H,2-5,8-10,13-15H2,1H3,(H2,23,25,27,29). The number of aromatic nitrogens is 2. The quantitative estimate of drug-likeness (QED) is 0.349. The van der Waals surface area contributed by atoms with Crippen LogP contribution >= 0.6 is 11.8 Å². The smallest absolute Gasteiger partial charge is 0.321 e. The van der Waals surface area contributed by atoms with Gasteiger partial charge in [-0.25, -0.2) is 9.78 Å². The molecule has 31 heavy (non-hydrogen) atoms. The summed E-state index contributed by atoms with van der Waals surface area (Å²) in [5.41, 5.74) is 0.451. The molecular formula is C22H30N4O4S. The molecule has 0 saturated heterocycles. The third-order valence-corrected chi connectivity index (χ3v) is 6.20. The van der Waals surface area contributed by atoms with Crippen LogP contribution < -0.4 is 16.2 Å². The number of thioether (sulfide) groups is 1. The molecule has 3 amide bonds. The van der Waals surface area contributed by atoms with Gasteiger partial charge in [-0.2, -0.15) is 0 Å². The first kappa shape index (κ1) is 23.3. The number of carbonyl (C=O) groups excluding carboxylic acids is 2. The van der Waals surface area contributed by atoms with Gasteiger partial charge in [-0.05, 0) is 38.3 Å². The molecule has 0 atom stereocenters. The summed E-state index contributed by atoms with van der Waals surface area (Å²) in [6, 6.07) is 6.83. The summed E-state index contributed by atoms with van der Waals surface area (Å²) >= 11 is 1.16. The van der Waals surface area contributed by atoms with Crippen LogP contribution in [-0.4, -0.2) is 46.5 Å². The van der Waals surface area contributed by atoms with E-state index in [2.05, 4.69) is 15.6 Å². The van der Waals surface area contributed by atoms with Crippen molar-refractivity contribution in [1.29, 1.82) is 0 Å². The van der Waals surface area contributed by atoms with E-state index in [0.29, 0.717) is 42.2 Å². The van der Waals surface area contributed by atoms with Crippen LogP contribution in [0.15, 0.2) is 34.2 Å². The van der Waals surface area contributed by atoms with Crippen molar-refractivity contribution in [2.45, 2.75) is 63.2 Å². The summed E-state index contributed by atoms with van der Waals surface area (Å²) in [6.07, 6.45) is 5.96. The molecule has 1 saturated carbocycles. The number of hydrogen-bond acceptors (Lipinski definition) is 6. The number of para-hydroxylation sites is 1. The first-order valence-corrected chi connectivity index (χ1v) is 11.9. The highest BCUT2D eigenvalue weighted by Crippen LogP contribution is 2.19. The van der Waals surface area contributed by atoms with Crippen molar-refractivity contribution in [3.8, 4) is 0 Å². The van der Waals surface area contributed by atoms with E-state index in [0.717, 1.165) is 37.4 Å². The monoisotopic (exact) mass is 446 g/mol. The minimum atomic E-state index is -0.460. The van der Waals surface area contributed by atoms with E-state index in [1.54, 1.807) is 22.8 Å². The molecule has 0 unspecified atom stereocenters. The predicted molar refractivity (Wildman–Crippen MR) is 121 cm³/mol. The van der Waals surface area contributed by atoms with Crippen LogP contribution in [0.3, 0.4) is 0 Å². The zero-order chi connectivity index (χ0) is 22.1. The van der Waals surface area contributed by atoms with Crippen molar-refractivity contribution in [1.82, 2.24) is 20.2 Å². The largest absolute Gasteiger partial charge is 0.382 e. The molecule has 2 N–H and O–H groups in total. The molecule has 3 rings (SSSR count). The Labute approximate surface area is 186 Å². The minimum Gasteiger partial charge on any atom is -0.382 e. The van der Waals surface area contributed by atoms with E-state index in [9.17, 15) is 14.4 Å². The van der Waals surface area contributed by atoms with E-state index >= 15 is 0 Å². The lowest BCUT2D eigenvalue weighted by Gasteiger charge is -2.22. The van der Waals surface area contributed by atoms with Gasteiger partial charge in [0.05, 0.1) is 16.7 Å². The number of hydrogen-bond donors (Lipinski definition) is 2. The Hall–Kier alpha value is -2.39. The molecule has 1 aliphatic carbocycles. The highest BCUT2D eigenvalue weighted by molar-refractivity contribution is 7.99. The second-order valence-electron chi connectivity index (χ2n) is 7.56. The summed E-state index contributed by atoms with van der Waals surface area (Å²) in [4.78, 5) is 41.9. The van der Waals surface area contributed by atoms with Gasteiger partial charge >= 0.3 is 6.03 Å². The SMILES string of the molecule is CCOCCCn1c(SCC(=O)NC(=O)NC2CCCCC2)nc2ccccc2c1=O. The van der Waals surface area contributed by atoms with E-state index in [4.69, 9.17) is 4.74 Å². The van der Waals surface area contributed by atoms with Crippen LogP contribution in [0.2, 0.25) is 0 Å². The van der Waals surface area contributed by atoms with Crippen LogP contribution in [0.25, 0.3) is 10.9 Å². The maximum Gasteiger partial charge on any atom is 0.321 e. The number of urea groups is 1. The van der Waals surface area contributed by atoms with Crippen LogP contribution in [0, 0.1) is 0 Å². The van der Waals surface area contributed by atoms with E-state index < -0.39 is 11.9 Å². The second kappa shape index (κ2) is 11.9. The lowest BCUT2D eigenvalue weighted by molar-refractivity contribution is -0.117. The number of amides is 3. The molecule has 0 spiro atoms. The molecule has 1 aromatic heterocycles. The maximum absolute atomic E-state index is 13.0. The zero-order valence-electron chi connectivity index (χ0n) is 17.9. The molecule has 168 valence electrons. The first-order valence-electron chi connectivity index (χ1n) is 10.9. The number of carbonyl (C=O) groups is 2. The minimum absolute atomic E-state index is 0.00563. The number of nitrogens with zero attached hydrogens (tertiary/aromatic N) is 2. The number of fused-ring (bicyclic) bond motifs is 1. The van der Waals surface area contributed by atoms with Crippen LogP contribution in [0.1, 0.15) is 45.4 Å². The molecule has 0 bridgehead atoms. The average Bonchev–Trinajstić information content (AvgIpc) is 2.77. The summed E-state index contributed by atoms with van der Waals surface area (Å²) in [6.45, 7) is 3.54. The van der Waals surface area contributed by atoms with Gasteiger partial charge in [-0.15, -0.1) is 0 Å². The van der Waals surface area contributed by atoms with Gasteiger partial charge in [-0.3, -0.25) is 19.5 Å². The van der Waals surface area contributed by atoms with Gasteiger partial charge < -0.3 is 10.1 Å². The Bertz CT molecular complexity index is 956. The zero-order valence-corrected chi connectivity index (χ0v) is 18.7. The maximum atomic E-state index is 13.0. The van der Waals surface area contributed by atoms with Crippen molar-refractivity contribution in [2.75, 3.05) is 19.0 Å². The van der Waals surface area contributed by atoms with Crippen LogP contribution in [0.4, 0.5) is 4.79 Å². The Balaban J connectivity index is 1.64. The van der Waals surface area contributed by atoms with Crippen molar-refractivity contribution in [3.05, 3.63) is 34.6 Å². The number of nitrogens with one attached hydrogen (secondary N) is 2. The molecule has 2 aromatic rings. The summed E-state index contributed by atoms with van der Waals surface area (Å²) < 4.78 is 6.96. The molecule has 0 radical (unpaired) electrons. The summed E-state index contributed by atoms with van der Waals surface area (Å²) in [7, 11) is 0. The lowest BCUT2D eigenvalue weighted by Crippen LogP contribution is -2.45. The normalized spacial score (nSPS) is 14.5. The molecule has 0 aliphatic heterocycles. The molecule has 1 fully saturated rings. The van der Waals surface area contributed by atoms with Crippen LogP contribution in [-0.2, 0) is 16.1 Å². The third kappa shape index (κ3) is 6.80. The van der Waals surface area contributed by atoms with Gasteiger partial charge in [0.1, 0.15) is 0 Å². The highest BCUT2D eigenvalue weighted by atomic mass is 32.2. The van der Waals surface area contributed by atoms with E-state index in [1.165, 1.54) is 6.42 Å². The second-order valence-corrected chi connectivity index (χ2v) is 8.51. The summed E-state index contributed by atoms with van der Waals surface area (Å²) in [5.74, 6) is -0.421. The summed E-state index contributed by atoms with van der Waals surface area (Å²) in [5, 5.41) is 6.25. The lowest BCUT2D eigenvalue weighted by atomic mass is 9.96. The fourth-order valence-corrected chi connectivity index (χ4v) is 4.51. The van der Waals surface area contributed by atoms with Crippen molar-refractivity contribution in [2.24, 2.45) is 0 Å². The number of rotatable bonds is 9. The molecule has 1 heterocycles. The highest BCUT2D eigenvalue weighted by Gasteiger charge is 2.18. The third-order valence-electron chi connectivity index (χ3n) is 5.23. The predicted octanol–water partition coefficient (Wildman–Crippen LogP) is 3.07. The fourth-order valence-electron chi connectivity index (χ4n) is 3.69.